The number of aryl methyl sites for hydroxylation is 1. The molecule has 10 heteroatoms. The summed E-state index contributed by atoms with van der Waals surface area (Å²) in [5, 5.41) is 22.4. The van der Waals surface area contributed by atoms with E-state index in [9.17, 15) is 4.79 Å². The van der Waals surface area contributed by atoms with E-state index in [0.717, 1.165) is 16.3 Å². The summed E-state index contributed by atoms with van der Waals surface area (Å²) in [5.41, 5.74) is 1.85. The molecule has 0 fully saturated rings. The third kappa shape index (κ3) is 3.77. The molecule has 0 saturated carbocycles. The van der Waals surface area contributed by atoms with Crippen molar-refractivity contribution in [1.29, 1.82) is 0 Å². The van der Waals surface area contributed by atoms with E-state index < -0.39 is 0 Å². The number of nitrogens with one attached hydrogen (secondary N) is 1. The molecule has 3 rings (SSSR count). The molecular formula is C14H16N8OS. The van der Waals surface area contributed by atoms with E-state index in [2.05, 4.69) is 30.8 Å². The van der Waals surface area contributed by atoms with Crippen LogP contribution in [0.3, 0.4) is 0 Å². The lowest BCUT2D eigenvalue weighted by Gasteiger charge is -2.17. The minimum absolute atomic E-state index is 0.0213. The van der Waals surface area contributed by atoms with Crippen molar-refractivity contribution in [3.05, 3.63) is 36.2 Å². The summed E-state index contributed by atoms with van der Waals surface area (Å²) in [4.78, 5) is 14.0. The average Bonchev–Trinajstić information content (AvgIpc) is 3.24. The van der Waals surface area contributed by atoms with Crippen LogP contribution >= 0.6 is 11.8 Å². The van der Waals surface area contributed by atoms with Gasteiger partial charge in [-0.05, 0) is 16.8 Å². The maximum Gasteiger partial charge on any atom is 0.233 e. The van der Waals surface area contributed by atoms with Crippen molar-refractivity contribution in [2.24, 2.45) is 7.05 Å². The number of hydrogen-bond donors (Lipinski definition) is 1. The smallest absolute Gasteiger partial charge is 0.233 e. The maximum absolute atomic E-state index is 12.3. The van der Waals surface area contributed by atoms with Crippen LogP contribution < -0.4 is 0 Å². The number of carbonyl (C=O) groups excluding carboxylic acids is 1. The Hall–Kier alpha value is -2.75. The van der Waals surface area contributed by atoms with Crippen molar-refractivity contribution in [2.75, 3.05) is 12.8 Å². The molecule has 1 N–H and O–H groups in total. The van der Waals surface area contributed by atoms with Gasteiger partial charge in [-0.2, -0.15) is 5.21 Å². The first-order chi connectivity index (χ1) is 11.6. The number of hydrogen-bond acceptors (Lipinski definition) is 7. The van der Waals surface area contributed by atoms with Crippen molar-refractivity contribution in [1.82, 2.24) is 40.3 Å². The first kappa shape index (κ1) is 16.1. The molecule has 0 bridgehead atoms. The lowest BCUT2D eigenvalue weighted by Crippen LogP contribution is -2.27. The van der Waals surface area contributed by atoms with E-state index in [1.54, 1.807) is 22.8 Å². The molecular weight excluding hydrogens is 328 g/mol. The predicted molar refractivity (Wildman–Crippen MR) is 87.8 cm³/mol. The van der Waals surface area contributed by atoms with E-state index in [-0.39, 0.29) is 5.91 Å². The third-order valence-electron chi connectivity index (χ3n) is 3.37. The van der Waals surface area contributed by atoms with Gasteiger partial charge in [0.25, 0.3) is 0 Å². The summed E-state index contributed by atoms with van der Waals surface area (Å²) in [5.74, 6) is 0.865. The molecule has 9 nitrogen and oxygen atoms in total. The molecule has 3 aromatic rings. The predicted octanol–water partition coefficient (Wildman–Crippen LogP) is 0.746. The Bertz CT molecular complexity index is 816. The van der Waals surface area contributed by atoms with Gasteiger partial charge in [0.1, 0.15) is 6.33 Å². The van der Waals surface area contributed by atoms with Crippen molar-refractivity contribution < 1.29 is 4.79 Å². The number of aromatic amines is 1. The second-order valence-corrected chi connectivity index (χ2v) is 6.14. The number of nitrogens with zero attached hydrogens (tertiary/aromatic N) is 7. The van der Waals surface area contributed by atoms with Gasteiger partial charge in [-0.3, -0.25) is 4.79 Å². The van der Waals surface area contributed by atoms with E-state index in [4.69, 9.17) is 0 Å². The highest BCUT2D eigenvalue weighted by Crippen LogP contribution is 2.17. The highest BCUT2D eigenvalue weighted by atomic mass is 32.2. The molecule has 0 aliphatic carbocycles. The minimum atomic E-state index is 0.0213. The lowest BCUT2D eigenvalue weighted by molar-refractivity contribution is -0.127. The zero-order valence-electron chi connectivity index (χ0n) is 13.2. The van der Waals surface area contributed by atoms with Crippen LogP contribution in [0.15, 0.2) is 35.7 Å². The van der Waals surface area contributed by atoms with Gasteiger partial charge in [-0.25, -0.2) is 0 Å². The van der Waals surface area contributed by atoms with Crippen LogP contribution in [0.4, 0.5) is 0 Å². The highest BCUT2D eigenvalue weighted by Gasteiger charge is 2.13. The normalized spacial score (nSPS) is 10.8. The van der Waals surface area contributed by atoms with E-state index in [1.807, 2.05) is 31.3 Å². The quantitative estimate of drug-likeness (QED) is 0.658. The van der Waals surface area contributed by atoms with Gasteiger partial charge in [0.2, 0.25) is 11.7 Å². The molecule has 124 valence electrons. The van der Waals surface area contributed by atoms with Crippen molar-refractivity contribution in [3.8, 4) is 11.4 Å². The molecule has 24 heavy (non-hydrogen) atoms. The molecule has 0 aliphatic heterocycles. The Labute approximate surface area is 142 Å². The van der Waals surface area contributed by atoms with Crippen LogP contribution in [-0.2, 0) is 18.4 Å². The zero-order valence-corrected chi connectivity index (χ0v) is 14.1. The third-order valence-corrected chi connectivity index (χ3v) is 4.39. The minimum Gasteiger partial charge on any atom is -0.341 e. The summed E-state index contributed by atoms with van der Waals surface area (Å²) in [6.07, 6.45) is 1.61. The molecule has 2 heterocycles. The van der Waals surface area contributed by atoms with Gasteiger partial charge in [0.15, 0.2) is 5.16 Å². The van der Waals surface area contributed by atoms with Crippen LogP contribution in [0.5, 0.6) is 0 Å². The van der Waals surface area contributed by atoms with Gasteiger partial charge in [-0.1, -0.05) is 30.0 Å². The number of aromatic nitrogens is 7. The topological polar surface area (TPSA) is 105 Å². The zero-order chi connectivity index (χ0) is 16.9. The number of carbonyl (C=O) groups is 1. The highest BCUT2D eigenvalue weighted by molar-refractivity contribution is 7.99. The van der Waals surface area contributed by atoms with Crippen molar-refractivity contribution in [2.45, 2.75) is 11.7 Å². The Morgan fingerprint density at radius 3 is 2.96 bits per heavy atom. The molecule has 0 unspecified atom stereocenters. The summed E-state index contributed by atoms with van der Waals surface area (Å²) in [6, 6.07) is 7.72. The number of tetrazole rings is 1. The molecule has 0 spiro atoms. The molecule has 0 atom stereocenters. The molecule has 0 saturated heterocycles. The number of amides is 1. The van der Waals surface area contributed by atoms with Crippen molar-refractivity contribution in [3.63, 3.8) is 0 Å². The van der Waals surface area contributed by atoms with E-state index in [1.165, 1.54) is 11.8 Å². The fourth-order valence-electron chi connectivity index (χ4n) is 2.09. The van der Waals surface area contributed by atoms with Gasteiger partial charge in [0.05, 0.1) is 5.75 Å². The fourth-order valence-corrected chi connectivity index (χ4v) is 2.92. The van der Waals surface area contributed by atoms with Crippen LogP contribution in [0.25, 0.3) is 11.4 Å². The largest absolute Gasteiger partial charge is 0.341 e. The first-order valence-electron chi connectivity index (χ1n) is 7.17. The van der Waals surface area contributed by atoms with E-state index in [0.29, 0.717) is 18.1 Å². The Morgan fingerprint density at radius 2 is 2.25 bits per heavy atom. The number of rotatable bonds is 6. The molecule has 0 radical (unpaired) electrons. The fraction of sp³-hybridized carbons (Fsp3) is 0.286. The van der Waals surface area contributed by atoms with Crippen LogP contribution in [0, 0.1) is 0 Å². The Balaban J connectivity index is 1.60. The monoisotopic (exact) mass is 344 g/mol. The molecule has 1 aromatic carbocycles. The maximum atomic E-state index is 12.3. The van der Waals surface area contributed by atoms with Crippen LogP contribution in [0.2, 0.25) is 0 Å². The Kier molecular flexibility index (Phi) is 4.85. The van der Waals surface area contributed by atoms with Gasteiger partial charge < -0.3 is 9.47 Å². The number of H-pyrrole nitrogens is 1. The standard InChI is InChI=1S/C14H16N8OS/c1-21(12(23)8-24-14-18-15-9-22(14)2)7-10-4-3-5-11(6-10)13-16-19-20-17-13/h3-6,9H,7-8H2,1-2H3,(H,16,17,19,20). The first-order valence-corrected chi connectivity index (χ1v) is 8.15. The van der Waals surface area contributed by atoms with Crippen molar-refractivity contribution >= 4 is 17.7 Å². The van der Waals surface area contributed by atoms with Crippen LogP contribution in [-0.4, -0.2) is 59.0 Å². The second-order valence-electron chi connectivity index (χ2n) is 5.20. The van der Waals surface area contributed by atoms with Gasteiger partial charge >= 0.3 is 0 Å². The second kappa shape index (κ2) is 7.21. The average molecular weight is 344 g/mol. The molecule has 0 aliphatic rings. The Morgan fingerprint density at radius 1 is 1.38 bits per heavy atom. The summed E-state index contributed by atoms with van der Waals surface area (Å²) in [6.45, 7) is 0.504. The summed E-state index contributed by atoms with van der Waals surface area (Å²) < 4.78 is 1.78. The summed E-state index contributed by atoms with van der Waals surface area (Å²) >= 11 is 1.37. The SMILES string of the molecule is CN(Cc1cccc(-c2nn[nH]n2)c1)C(=O)CSc1nncn1C. The van der Waals surface area contributed by atoms with Gasteiger partial charge in [-0.15, -0.1) is 20.4 Å². The molecule has 2 aromatic heterocycles. The lowest BCUT2D eigenvalue weighted by atomic mass is 10.1. The number of thioether (sulfide) groups is 1. The molecule has 1 amide bonds. The summed E-state index contributed by atoms with van der Waals surface area (Å²) in [7, 11) is 3.63. The van der Waals surface area contributed by atoms with Crippen LogP contribution in [0.1, 0.15) is 5.56 Å². The van der Waals surface area contributed by atoms with Gasteiger partial charge in [0, 0.05) is 26.2 Å². The van der Waals surface area contributed by atoms with E-state index >= 15 is 0 Å². The number of benzene rings is 1.